The first-order valence-electron chi connectivity index (χ1n) is 12.7. The van der Waals surface area contributed by atoms with Gasteiger partial charge in [0.15, 0.2) is 0 Å². The first kappa shape index (κ1) is 27.2. The minimum absolute atomic E-state index is 0.0238. The summed E-state index contributed by atoms with van der Waals surface area (Å²) < 4.78 is 1.92. The van der Waals surface area contributed by atoms with Crippen LogP contribution in [-0.2, 0) is 16.1 Å². The summed E-state index contributed by atoms with van der Waals surface area (Å²) in [5.41, 5.74) is 1.55. The van der Waals surface area contributed by atoms with Gasteiger partial charge in [-0.15, -0.1) is 0 Å². The summed E-state index contributed by atoms with van der Waals surface area (Å²) in [7, 11) is 0. The third kappa shape index (κ3) is 6.95. The molecule has 0 aliphatic carbocycles. The largest absolute Gasteiger partial charge is 0.352 e. The van der Waals surface area contributed by atoms with Crippen molar-refractivity contribution in [3.8, 4) is 11.1 Å². The summed E-state index contributed by atoms with van der Waals surface area (Å²) in [6.07, 6.45) is 8.94. The van der Waals surface area contributed by atoms with Crippen LogP contribution in [0.3, 0.4) is 0 Å². The van der Waals surface area contributed by atoms with Gasteiger partial charge in [0, 0.05) is 76.3 Å². The fourth-order valence-corrected chi connectivity index (χ4v) is 4.47. The number of nitro groups is 1. The standard InChI is InChI=1S/C28H30N6O5/c1-21(35)32-15-17-33(18-16-32)26(36)10-9-22-5-3-8-25(34(38)39)27(22)23-6-2-7-24(19-23)28(37)30-11-4-13-31-14-12-29-20-31/h2-3,5-10,12,14,19-20H,4,11,13,15-18H2,1H3,(H,30,37)/b10-9+. The van der Waals surface area contributed by atoms with Crippen LogP contribution in [0, 0.1) is 10.1 Å². The summed E-state index contributed by atoms with van der Waals surface area (Å²) in [5.74, 6) is -0.540. The molecule has 4 rings (SSSR count). The lowest BCUT2D eigenvalue weighted by atomic mass is 9.95. The van der Waals surface area contributed by atoms with E-state index in [2.05, 4.69) is 10.3 Å². The fourth-order valence-electron chi connectivity index (χ4n) is 4.47. The molecule has 3 aromatic rings. The number of amides is 3. The maximum atomic E-state index is 12.8. The topological polar surface area (TPSA) is 131 Å². The van der Waals surface area contributed by atoms with Gasteiger partial charge >= 0.3 is 0 Å². The van der Waals surface area contributed by atoms with Gasteiger partial charge in [-0.2, -0.15) is 0 Å². The van der Waals surface area contributed by atoms with E-state index < -0.39 is 4.92 Å². The van der Waals surface area contributed by atoms with E-state index in [0.29, 0.717) is 55.0 Å². The van der Waals surface area contributed by atoms with Gasteiger partial charge in [-0.05, 0) is 35.8 Å². The number of hydrogen-bond donors (Lipinski definition) is 1. The van der Waals surface area contributed by atoms with Gasteiger partial charge in [0.25, 0.3) is 11.6 Å². The van der Waals surface area contributed by atoms with E-state index in [1.54, 1.807) is 64.8 Å². The highest BCUT2D eigenvalue weighted by Crippen LogP contribution is 2.34. The second-order valence-electron chi connectivity index (χ2n) is 9.15. The Hall–Kier alpha value is -4.80. The van der Waals surface area contributed by atoms with E-state index in [9.17, 15) is 24.5 Å². The highest BCUT2D eigenvalue weighted by molar-refractivity contribution is 5.97. The zero-order chi connectivity index (χ0) is 27.8. The number of nitro benzene ring substituents is 1. The first-order chi connectivity index (χ1) is 18.8. The maximum Gasteiger partial charge on any atom is 0.277 e. The van der Waals surface area contributed by atoms with Gasteiger partial charge in [0.1, 0.15) is 0 Å². The number of aromatic nitrogens is 2. The molecule has 1 aliphatic rings. The summed E-state index contributed by atoms with van der Waals surface area (Å²) in [4.78, 5) is 55.9. The molecule has 11 nitrogen and oxygen atoms in total. The normalized spacial score (nSPS) is 13.5. The van der Waals surface area contributed by atoms with E-state index >= 15 is 0 Å². The lowest BCUT2D eigenvalue weighted by Gasteiger charge is -2.33. The van der Waals surface area contributed by atoms with Gasteiger partial charge in [-0.3, -0.25) is 24.5 Å². The molecule has 0 unspecified atom stereocenters. The van der Waals surface area contributed by atoms with Crippen molar-refractivity contribution in [2.24, 2.45) is 0 Å². The SMILES string of the molecule is CC(=O)N1CCN(C(=O)/C=C/c2cccc([N+](=O)[O-])c2-c2cccc(C(=O)NCCCn3ccnc3)c2)CC1. The number of rotatable bonds is 9. The third-order valence-electron chi connectivity index (χ3n) is 6.56. The Morgan fingerprint density at radius 1 is 1.08 bits per heavy atom. The van der Waals surface area contributed by atoms with Crippen LogP contribution in [0.2, 0.25) is 0 Å². The van der Waals surface area contributed by atoms with Crippen LogP contribution in [0.1, 0.15) is 29.3 Å². The van der Waals surface area contributed by atoms with Crippen LogP contribution in [0.4, 0.5) is 5.69 Å². The minimum atomic E-state index is -0.474. The van der Waals surface area contributed by atoms with Crippen LogP contribution in [0.25, 0.3) is 17.2 Å². The Morgan fingerprint density at radius 3 is 2.51 bits per heavy atom. The summed E-state index contributed by atoms with van der Waals surface area (Å²) in [5, 5.41) is 14.8. The number of piperazine rings is 1. The zero-order valence-corrected chi connectivity index (χ0v) is 21.7. The molecule has 2 heterocycles. The lowest BCUT2D eigenvalue weighted by molar-refractivity contribution is -0.384. The Morgan fingerprint density at radius 2 is 1.82 bits per heavy atom. The summed E-state index contributed by atoms with van der Waals surface area (Å²) in [6.45, 7) is 4.46. The van der Waals surface area contributed by atoms with Crippen molar-refractivity contribution in [2.75, 3.05) is 32.7 Å². The van der Waals surface area contributed by atoms with Crippen molar-refractivity contribution >= 4 is 29.5 Å². The van der Waals surface area contributed by atoms with E-state index in [-0.39, 0.29) is 23.4 Å². The van der Waals surface area contributed by atoms with Crippen molar-refractivity contribution in [3.63, 3.8) is 0 Å². The van der Waals surface area contributed by atoms with Crippen LogP contribution in [0.15, 0.2) is 67.3 Å². The molecular formula is C28H30N6O5. The molecule has 0 atom stereocenters. The molecule has 0 radical (unpaired) electrons. The summed E-state index contributed by atoms with van der Waals surface area (Å²) in [6, 6.07) is 11.3. The molecule has 0 bridgehead atoms. The zero-order valence-electron chi connectivity index (χ0n) is 21.7. The van der Waals surface area contributed by atoms with Crippen molar-refractivity contribution in [3.05, 3.63) is 88.5 Å². The summed E-state index contributed by atoms with van der Waals surface area (Å²) >= 11 is 0. The predicted molar refractivity (Wildman–Crippen MR) is 146 cm³/mol. The monoisotopic (exact) mass is 530 g/mol. The van der Waals surface area contributed by atoms with Crippen molar-refractivity contribution in [1.29, 1.82) is 0 Å². The van der Waals surface area contributed by atoms with Crippen LogP contribution < -0.4 is 5.32 Å². The molecular weight excluding hydrogens is 500 g/mol. The Labute approximate surface area is 225 Å². The molecule has 3 amide bonds. The highest BCUT2D eigenvalue weighted by atomic mass is 16.6. The average Bonchev–Trinajstić information content (AvgIpc) is 3.47. The van der Waals surface area contributed by atoms with E-state index in [4.69, 9.17) is 0 Å². The van der Waals surface area contributed by atoms with Gasteiger partial charge in [0.05, 0.1) is 16.8 Å². The Bertz CT molecular complexity index is 1380. The van der Waals surface area contributed by atoms with Gasteiger partial charge in [-0.1, -0.05) is 24.3 Å². The molecule has 11 heteroatoms. The molecule has 39 heavy (non-hydrogen) atoms. The highest BCUT2D eigenvalue weighted by Gasteiger charge is 2.22. The molecule has 1 aliphatic heterocycles. The quantitative estimate of drug-likeness (QED) is 0.196. The number of carbonyl (C=O) groups is 3. The molecule has 202 valence electrons. The maximum absolute atomic E-state index is 12.8. The molecule has 1 saturated heterocycles. The first-order valence-corrected chi connectivity index (χ1v) is 12.7. The smallest absolute Gasteiger partial charge is 0.277 e. The number of nitrogens with zero attached hydrogens (tertiary/aromatic N) is 5. The van der Waals surface area contributed by atoms with E-state index in [1.807, 2.05) is 10.8 Å². The van der Waals surface area contributed by atoms with Crippen molar-refractivity contribution < 1.29 is 19.3 Å². The fraction of sp³-hybridized carbons (Fsp3) is 0.286. The lowest BCUT2D eigenvalue weighted by Crippen LogP contribution is -2.49. The molecule has 2 aromatic carbocycles. The predicted octanol–water partition coefficient (Wildman–Crippen LogP) is 2.98. The Kier molecular flexibility index (Phi) is 8.82. The average molecular weight is 531 g/mol. The number of benzene rings is 2. The number of aryl methyl sites for hydroxylation is 1. The number of nitrogens with one attached hydrogen (secondary N) is 1. The number of hydrogen-bond acceptors (Lipinski definition) is 6. The van der Waals surface area contributed by atoms with E-state index in [1.165, 1.54) is 19.1 Å². The second kappa shape index (κ2) is 12.6. The molecule has 1 fully saturated rings. The van der Waals surface area contributed by atoms with Crippen LogP contribution in [0.5, 0.6) is 0 Å². The van der Waals surface area contributed by atoms with Crippen molar-refractivity contribution in [1.82, 2.24) is 24.7 Å². The molecule has 0 spiro atoms. The second-order valence-corrected chi connectivity index (χ2v) is 9.15. The van der Waals surface area contributed by atoms with Crippen molar-refractivity contribution in [2.45, 2.75) is 19.9 Å². The molecule has 1 aromatic heterocycles. The minimum Gasteiger partial charge on any atom is -0.352 e. The van der Waals surface area contributed by atoms with Crippen LogP contribution >= 0.6 is 0 Å². The van der Waals surface area contributed by atoms with E-state index in [0.717, 1.165) is 13.0 Å². The third-order valence-corrected chi connectivity index (χ3v) is 6.56. The van der Waals surface area contributed by atoms with Crippen LogP contribution in [-0.4, -0.2) is 74.7 Å². The Balaban J connectivity index is 1.50. The molecule has 1 N–H and O–H groups in total. The number of carbonyl (C=O) groups excluding carboxylic acids is 3. The van der Waals surface area contributed by atoms with Gasteiger partial charge in [-0.25, -0.2) is 4.98 Å². The van der Waals surface area contributed by atoms with Gasteiger partial charge < -0.3 is 19.7 Å². The molecule has 0 saturated carbocycles. The van der Waals surface area contributed by atoms with Gasteiger partial charge in [0.2, 0.25) is 11.8 Å². The number of imidazole rings is 1.